The predicted molar refractivity (Wildman–Crippen MR) is 130 cm³/mol. The quantitative estimate of drug-likeness (QED) is 0.314. The molecule has 160 valence electrons. The van der Waals surface area contributed by atoms with E-state index in [2.05, 4.69) is 73.7 Å². The van der Waals surface area contributed by atoms with Crippen LogP contribution in [0.2, 0.25) is 0 Å². The minimum atomic E-state index is -0.0432. The molecular formula is C20H30BrIN6O. The number of hydrogen-bond donors (Lipinski definition) is 2. The molecule has 2 heterocycles. The van der Waals surface area contributed by atoms with Crippen molar-refractivity contribution in [3.63, 3.8) is 0 Å². The molecule has 0 radical (unpaired) electrons. The molecule has 1 aromatic heterocycles. The molecular weight excluding hydrogens is 547 g/mol. The van der Waals surface area contributed by atoms with Gasteiger partial charge in [-0.05, 0) is 18.1 Å². The number of hydrogen-bond acceptors (Lipinski definition) is 4. The first-order valence-electron chi connectivity index (χ1n) is 9.56. The van der Waals surface area contributed by atoms with Crippen LogP contribution in [0.1, 0.15) is 37.5 Å². The summed E-state index contributed by atoms with van der Waals surface area (Å²) in [6.07, 6.45) is 1.90. The highest BCUT2D eigenvalue weighted by molar-refractivity contribution is 14.0. The Balaban J connectivity index is 0.00000300. The van der Waals surface area contributed by atoms with E-state index in [9.17, 15) is 0 Å². The normalized spacial score (nSPS) is 16.7. The molecule has 0 aliphatic carbocycles. The Hall–Kier alpha value is -1.20. The highest BCUT2D eigenvalue weighted by Crippen LogP contribution is 2.29. The fourth-order valence-electron chi connectivity index (χ4n) is 3.47. The number of aryl methyl sites for hydroxylation is 1. The highest BCUT2D eigenvalue weighted by atomic mass is 127. The van der Waals surface area contributed by atoms with Gasteiger partial charge in [-0.2, -0.15) is 5.10 Å². The number of guanidine groups is 1. The average Bonchev–Trinajstić information content (AvgIpc) is 3.07. The smallest absolute Gasteiger partial charge is 0.191 e. The molecule has 7 nitrogen and oxygen atoms in total. The van der Waals surface area contributed by atoms with Crippen LogP contribution in [0.25, 0.3) is 0 Å². The van der Waals surface area contributed by atoms with E-state index in [1.165, 1.54) is 5.56 Å². The summed E-state index contributed by atoms with van der Waals surface area (Å²) in [5.74, 6) is 2.59. The Morgan fingerprint density at radius 3 is 2.83 bits per heavy atom. The van der Waals surface area contributed by atoms with Crippen LogP contribution in [0.4, 0.5) is 0 Å². The minimum absolute atomic E-state index is 0. The third-order valence-electron chi connectivity index (χ3n) is 5.04. The molecule has 0 fully saturated rings. The number of rotatable bonds is 6. The summed E-state index contributed by atoms with van der Waals surface area (Å²) in [5, 5.41) is 11.6. The van der Waals surface area contributed by atoms with Gasteiger partial charge in [-0.3, -0.25) is 4.99 Å². The third kappa shape index (κ3) is 6.14. The number of aliphatic imine (C=N–C) groups is 1. The van der Waals surface area contributed by atoms with Gasteiger partial charge in [0.1, 0.15) is 12.4 Å². The molecule has 0 saturated carbocycles. The number of fused-ring (bicyclic) bond motifs is 1. The second-order valence-electron chi connectivity index (χ2n) is 7.73. The Labute approximate surface area is 198 Å². The molecule has 0 bridgehead atoms. The number of nitrogens with zero attached hydrogens (tertiary/aromatic N) is 4. The second-order valence-corrected chi connectivity index (χ2v) is 8.58. The van der Waals surface area contributed by atoms with Gasteiger partial charge in [0.2, 0.25) is 0 Å². The zero-order chi connectivity index (χ0) is 20.1. The van der Waals surface area contributed by atoms with Crippen molar-refractivity contribution >= 4 is 45.9 Å². The predicted octanol–water partition coefficient (Wildman–Crippen LogP) is 3.26. The van der Waals surface area contributed by atoms with Crippen molar-refractivity contribution in [3.05, 3.63) is 46.0 Å². The van der Waals surface area contributed by atoms with E-state index in [1.807, 2.05) is 10.7 Å². The fraction of sp³-hybridized carbons (Fsp3) is 0.550. The molecule has 1 aliphatic rings. The van der Waals surface area contributed by atoms with E-state index in [4.69, 9.17) is 4.74 Å². The number of nitrogens with one attached hydrogen (secondary N) is 2. The number of methoxy groups -OCH3 is 1. The van der Waals surface area contributed by atoms with E-state index in [0.717, 1.165) is 48.0 Å². The summed E-state index contributed by atoms with van der Waals surface area (Å²) in [7, 11) is 3.47. The molecule has 1 unspecified atom stereocenters. The van der Waals surface area contributed by atoms with Crippen molar-refractivity contribution in [1.82, 2.24) is 25.4 Å². The molecule has 0 spiro atoms. The lowest BCUT2D eigenvalue weighted by atomic mass is 9.84. The van der Waals surface area contributed by atoms with Crippen LogP contribution < -0.4 is 10.6 Å². The highest BCUT2D eigenvalue weighted by Gasteiger charge is 2.25. The molecule has 1 atom stereocenters. The maximum Gasteiger partial charge on any atom is 0.191 e. The van der Waals surface area contributed by atoms with Crippen LogP contribution in [0, 0.1) is 0 Å². The minimum Gasteiger partial charge on any atom is -0.377 e. The van der Waals surface area contributed by atoms with Gasteiger partial charge in [0.15, 0.2) is 11.8 Å². The largest absolute Gasteiger partial charge is 0.377 e. The van der Waals surface area contributed by atoms with Crippen LogP contribution in [0.5, 0.6) is 0 Å². The van der Waals surface area contributed by atoms with E-state index < -0.39 is 0 Å². The molecule has 1 aliphatic heterocycles. The number of ether oxygens (including phenoxy) is 1. The van der Waals surface area contributed by atoms with Gasteiger partial charge in [0, 0.05) is 43.1 Å². The van der Waals surface area contributed by atoms with Gasteiger partial charge in [0.25, 0.3) is 0 Å². The molecule has 2 aromatic rings. The molecule has 2 N–H and O–H groups in total. The van der Waals surface area contributed by atoms with Crippen molar-refractivity contribution in [3.8, 4) is 0 Å². The van der Waals surface area contributed by atoms with Crippen molar-refractivity contribution in [1.29, 1.82) is 0 Å². The summed E-state index contributed by atoms with van der Waals surface area (Å²) in [6, 6.07) is 8.62. The Morgan fingerprint density at radius 1 is 1.38 bits per heavy atom. The van der Waals surface area contributed by atoms with Crippen molar-refractivity contribution in [2.45, 2.75) is 51.3 Å². The van der Waals surface area contributed by atoms with Gasteiger partial charge in [0.05, 0.1) is 6.54 Å². The lowest BCUT2D eigenvalue weighted by molar-refractivity contribution is 0.177. The second kappa shape index (κ2) is 10.7. The van der Waals surface area contributed by atoms with Crippen LogP contribution in [-0.2, 0) is 29.7 Å². The summed E-state index contributed by atoms with van der Waals surface area (Å²) in [6.45, 7) is 6.46. The first-order valence-corrected chi connectivity index (χ1v) is 10.4. The molecule has 0 amide bonds. The molecule has 9 heteroatoms. The van der Waals surface area contributed by atoms with Crippen LogP contribution in [-0.4, -0.2) is 47.5 Å². The molecule has 1 aromatic carbocycles. The van der Waals surface area contributed by atoms with Gasteiger partial charge < -0.3 is 15.4 Å². The lowest BCUT2D eigenvalue weighted by Gasteiger charge is -2.30. The van der Waals surface area contributed by atoms with Gasteiger partial charge in [-0.15, -0.1) is 24.0 Å². The number of halogens is 2. The lowest BCUT2D eigenvalue weighted by Crippen LogP contribution is -2.49. The van der Waals surface area contributed by atoms with Crippen molar-refractivity contribution in [2.75, 3.05) is 20.7 Å². The maximum atomic E-state index is 5.14. The average molecular weight is 577 g/mol. The maximum absolute atomic E-state index is 5.14. The number of aromatic nitrogens is 3. The summed E-state index contributed by atoms with van der Waals surface area (Å²) >= 11 is 3.67. The summed E-state index contributed by atoms with van der Waals surface area (Å²) < 4.78 is 8.24. The summed E-state index contributed by atoms with van der Waals surface area (Å²) in [5.41, 5.74) is 1.23. The van der Waals surface area contributed by atoms with E-state index >= 15 is 0 Å². The molecule has 29 heavy (non-hydrogen) atoms. The third-order valence-corrected chi connectivity index (χ3v) is 5.73. The van der Waals surface area contributed by atoms with Gasteiger partial charge >= 0.3 is 0 Å². The standard InChI is InChI=1S/C20H29BrN6O.HI/c1-20(2,15-7-5-6-8-16(15)21)13-23-19(22-3)24-14-9-10-18-25-17(12-28-4)26-27(18)11-14;/h5-8,14H,9-13H2,1-4H3,(H2,22,23,24);1H. The number of benzene rings is 1. The van der Waals surface area contributed by atoms with E-state index in [0.29, 0.717) is 6.61 Å². The van der Waals surface area contributed by atoms with Crippen molar-refractivity contribution < 1.29 is 4.74 Å². The van der Waals surface area contributed by atoms with Gasteiger partial charge in [-0.1, -0.05) is 48.0 Å². The van der Waals surface area contributed by atoms with E-state index in [-0.39, 0.29) is 35.4 Å². The van der Waals surface area contributed by atoms with Crippen LogP contribution in [0.15, 0.2) is 33.7 Å². The Bertz CT molecular complexity index is 838. The van der Waals surface area contributed by atoms with Crippen LogP contribution in [0.3, 0.4) is 0 Å². The topological polar surface area (TPSA) is 76.4 Å². The van der Waals surface area contributed by atoms with Crippen LogP contribution >= 0.6 is 39.9 Å². The fourth-order valence-corrected chi connectivity index (χ4v) is 4.29. The molecule has 3 rings (SSSR count). The first-order chi connectivity index (χ1) is 13.4. The Morgan fingerprint density at radius 2 is 2.14 bits per heavy atom. The van der Waals surface area contributed by atoms with E-state index in [1.54, 1.807) is 14.2 Å². The SMILES string of the molecule is CN=C(NCC(C)(C)c1ccccc1Br)NC1CCc2nc(COC)nn2C1.I. The first kappa shape index (κ1) is 24.1. The monoisotopic (exact) mass is 576 g/mol. The zero-order valence-electron chi connectivity index (χ0n) is 17.4. The Kier molecular flexibility index (Phi) is 8.90. The van der Waals surface area contributed by atoms with Crippen molar-refractivity contribution in [2.24, 2.45) is 4.99 Å². The zero-order valence-corrected chi connectivity index (χ0v) is 21.3. The van der Waals surface area contributed by atoms with Gasteiger partial charge in [-0.25, -0.2) is 9.67 Å². The molecule has 0 saturated heterocycles. The summed E-state index contributed by atoms with van der Waals surface area (Å²) in [4.78, 5) is 8.94.